The van der Waals surface area contributed by atoms with Gasteiger partial charge in [0.1, 0.15) is 11.5 Å². The monoisotopic (exact) mass is 507 g/mol. The highest BCUT2D eigenvalue weighted by atomic mass is 35.5. The molecule has 0 aliphatic carbocycles. The Labute approximate surface area is 218 Å². The summed E-state index contributed by atoms with van der Waals surface area (Å²) in [6.07, 6.45) is 6.67. The number of aryl methyl sites for hydroxylation is 1. The minimum atomic E-state index is 0.0992. The van der Waals surface area contributed by atoms with Crippen molar-refractivity contribution < 1.29 is 4.79 Å². The number of amidine groups is 1. The van der Waals surface area contributed by atoms with Crippen molar-refractivity contribution in [1.82, 2.24) is 19.8 Å². The maximum Gasteiger partial charge on any atom is 0.253 e. The fourth-order valence-electron chi connectivity index (χ4n) is 5.65. The zero-order chi connectivity index (χ0) is 25.2. The van der Waals surface area contributed by atoms with Crippen LogP contribution in [0.2, 0.25) is 5.02 Å². The molecule has 3 aliphatic rings. The average molecular weight is 508 g/mol. The van der Waals surface area contributed by atoms with E-state index >= 15 is 0 Å². The maximum absolute atomic E-state index is 12.9. The minimum absolute atomic E-state index is 0.0992. The van der Waals surface area contributed by atoms with Crippen molar-refractivity contribution >= 4 is 35.4 Å². The molecule has 4 heterocycles. The van der Waals surface area contributed by atoms with Gasteiger partial charge in [-0.05, 0) is 57.4 Å². The van der Waals surface area contributed by atoms with Gasteiger partial charge in [0.05, 0.1) is 18.4 Å². The molecular formula is C27H34ClN7O. The van der Waals surface area contributed by atoms with E-state index in [-0.39, 0.29) is 5.91 Å². The zero-order valence-corrected chi connectivity index (χ0v) is 22.0. The molecule has 190 valence electrons. The van der Waals surface area contributed by atoms with Crippen LogP contribution in [-0.4, -0.2) is 88.6 Å². The quantitative estimate of drug-likeness (QED) is 0.614. The van der Waals surface area contributed by atoms with Crippen molar-refractivity contribution in [2.24, 2.45) is 9.98 Å². The number of carbonyl (C=O) groups excluding carboxylic acids is 1. The van der Waals surface area contributed by atoms with Crippen LogP contribution in [0.1, 0.15) is 54.9 Å². The SMILES string of the molecule is CC[C@H]1CN(c2ncc(C3=NCC=N3)nc2C)[C@H](C)CN1C1CCN(C(=O)c2ccc(Cl)cc2)CC1. The normalized spacial score (nSPS) is 23.3. The molecule has 2 aromatic rings. The molecule has 0 unspecified atom stereocenters. The lowest BCUT2D eigenvalue weighted by Crippen LogP contribution is -2.62. The summed E-state index contributed by atoms with van der Waals surface area (Å²) < 4.78 is 0. The molecule has 9 heteroatoms. The predicted octanol–water partition coefficient (Wildman–Crippen LogP) is 3.86. The first-order valence-corrected chi connectivity index (χ1v) is 13.3. The molecule has 3 aliphatic heterocycles. The van der Waals surface area contributed by atoms with E-state index in [9.17, 15) is 4.79 Å². The van der Waals surface area contributed by atoms with Crippen LogP contribution in [0.15, 0.2) is 40.4 Å². The van der Waals surface area contributed by atoms with Crippen LogP contribution < -0.4 is 4.90 Å². The van der Waals surface area contributed by atoms with Gasteiger partial charge in [0.15, 0.2) is 5.84 Å². The van der Waals surface area contributed by atoms with E-state index in [0.717, 1.165) is 62.6 Å². The summed E-state index contributed by atoms with van der Waals surface area (Å²) in [5, 5.41) is 0.652. The van der Waals surface area contributed by atoms with Crippen LogP contribution in [0.3, 0.4) is 0 Å². The lowest BCUT2D eigenvalue weighted by Gasteiger charge is -2.50. The molecule has 2 fully saturated rings. The van der Waals surface area contributed by atoms with E-state index in [0.29, 0.717) is 41.1 Å². The number of halogens is 1. The second-order valence-electron chi connectivity index (χ2n) is 9.93. The average Bonchev–Trinajstić information content (AvgIpc) is 3.44. The summed E-state index contributed by atoms with van der Waals surface area (Å²) in [6.45, 7) is 10.7. The molecule has 0 saturated carbocycles. The number of hydrogen-bond acceptors (Lipinski definition) is 7. The smallest absolute Gasteiger partial charge is 0.253 e. The topological polar surface area (TPSA) is 77.3 Å². The number of carbonyl (C=O) groups is 1. The van der Waals surface area contributed by atoms with Crippen molar-refractivity contribution in [3.63, 3.8) is 0 Å². The molecule has 8 nitrogen and oxygen atoms in total. The number of piperazine rings is 1. The molecule has 1 aromatic carbocycles. The van der Waals surface area contributed by atoms with Crippen molar-refractivity contribution in [3.05, 3.63) is 52.4 Å². The lowest BCUT2D eigenvalue weighted by molar-refractivity contribution is 0.0434. The molecule has 0 spiro atoms. The highest BCUT2D eigenvalue weighted by Gasteiger charge is 2.37. The van der Waals surface area contributed by atoms with E-state index in [1.807, 2.05) is 24.0 Å². The van der Waals surface area contributed by atoms with Crippen molar-refractivity contribution in [2.45, 2.75) is 58.2 Å². The van der Waals surface area contributed by atoms with Crippen molar-refractivity contribution in [1.29, 1.82) is 0 Å². The van der Waals surface area contributed by atoms with Crippen molar-refractivity contribution in [2.75, 3.05) is 37.6 Å². The second kappa shape index (κ2) is 10.6. The van der Waals surface area contributed by atoms with E-state index in [1.54, 1.807) is 24.5 Å². The Balaban J connectivity index is 1.23. The van der Waals surface area contributed by atoms with E-state index < -0.39 is 0 Å². The summed E-state index contributed by atoms with van der Waals surface area (Å²) in [7, 11) is 0. The summed E-state index contributed by atoms with van der Waals surface area (Å²) in [6, 6.07) is 8.45. The zero-order valence-electron chi connectivity index (χ0n) is 21.3. The first kappa shape index (κ1) is 24.8. The van der Waals surface area contributed by atoms with Crippen molar-refractivity contribution in [3.8, 4) is 0 Å². The Hall–Kier alpha value is -2.84. The molecule has 0 bridgehead atoms. The number of anilines is 1. The highest BCUT2D eigenvalue weighted by molar-refractivity contribution is 6.30. The molecule has 1 aromatic heterocycles. The van der Waals surface area contributed by atoms with E-state index in [2.05, 4.69) is 33.6 Å². The largest absolute Gasteiger partial charge is 0.350 e. The third-order valence-corrected chi connectivity index (χ3v) is 7.88. The van der Waals surface area contributed by atoms with Gasteiger partial charge in [0.2, 0.25) is 0 Å². The van der Waals surface area contributed by atoms with Gasteiger partial charge in [-0.1, -0.05) is 18.5 Å². The summed E-state index contributed by atoms with van der Waals surface area (Å²) in [4.78, 5) is 38.3. The number of rotatable bonds is 5. The number of hydrogen-bond donors (Lipinski definition) is 0. The number of amides is 1. The Bertz CT molecular complexity index is 1160. The van der Waals surface area contributed by atoms with Gasteiger partial charge < -0.3 is 9.80 Å². The van der Waals surface area contributed by atoms with Crippen LogP contribution >= 0.6 is 11.6 Å². The van der Waals surface area contributed by atoms with Gasteiger partial charge in [-0.25, -0.2) is 15.0 Å². The van der Waals surface area contributed by atoms with Gasteiger partial charge in [0, 0.05) is 61.1 Å². The number of piperidine rings is 1. The molecule has 5 rings (SSSR count). The third-order valence-electron chi connectivity index (χ3n) is 7.63. The minimum Gasteiger partial charge on any atom is -0.350 e. The molecule has 2 atom stereocenters. The van der Waals surface area contributed by atoms with Gasteiger partial charge in [0.25, 0.3) is 5.91 Å². The molecule has 36 heavy (non-hydrogen) atoms. The number of likely N-dealkylation sites (tertiary alicyclic amines) is 1. The Kier molecular flexibility index (Phi) is 7.34. The Morgan fingerprint density at radius 1 is 1.14 bits per heavy atom. The van der Waals surface area contributed by atoms with Gasteiger partial charge >= 0.3 is 0 Å². The number of aromatic nitrogens is 2. The Morgan fingerprint density at radius 2 is 1.89 bits per heavy atom. The van der Waals surface area contributed by atoms with Gasteiger partial charge in [-0.3, -0.25) is 14.7 Å². The molecule has 2 saturated heterocycles. The maximum atomic E-state index is 12.9. The first-order valence-electron chi connectivity index (χ1n) is 12.9. The standard InChI is InChI=1S/C27H34ClN7O/c1-4-22-17-34(26-19(3)32-24(15-31-26)25-29-11-12-30-25)18(2)16-35(22)23-9-13-33(14-10-23)27(36)20-5-7-21(28)8-6-20/h5-8,11,15,18,22-23H,4,9-10,12-14,16-17H2,1-3H3/t18-,22+/m1/s1. The summed E-state index contributed by atoms with van der Waals surface area (Å²) >= 11 is 5.99. The van der Waals surface area contributed by atoms with Crippen LogP contribution in [0, 0.1) is 6.92 Å². The Morgan fingerprint density at radius 3 is 2.53 bits per heavy atom. The molecule has 0 radical (unpaired) electrons. The lowest BCUT2D eigenvalue weighted by atomic mass is 9.96. The second-order valence-corrected chi connectivity index (χ2v) is 10.4. The number of nitrogens with zero attached hydrogens (tertiary/aromatic N) is 7. The fourth-order valence-corrected chi connectivity index (χ4v) is 5.78. The van der Waals surface area contributed by atoms with Gasteiger partial charge in [-0.2, -0.15) is 0 Å². The molecule has 1 amide bonds. The van der Waals surface area contributed by atoms with Crippen LogP contribution in [0.25, 0.3) is 0 Å². The summed E-state index contributed by atoms with van der Waals surface area (Å²) in [5.74, 6) is 1.72. The number of aliphatic imine (C=N–C) groups is 2. The van der Waals surface area contributed by atoms with E-state index in [4.69, 9.17) is 21.6 Å². The van der Waals surface area contributed by atoms with Crippen LogP contribution in [0.5, 0.6) is 0 Å². The van der Waals surface area contributed by atoms with Gasteiger partial charge in [-0.15, -0.1) is 0 Å². The summed E-state index contributed by atoms with van der Waals surface area (Å²) in [5.41, 5.74) is 2.37. The first-order chi connectivity index (χ1) is 17.4. The van der Waals surface area contributed by atoms with Crippen LogP contribution in [0.4, 0.5) is 5.82 Å². The van der Waals surface area contributed by atoms with Crippen LogP contribution in [-0.2, 0) is 0 Å². The molecule has 0 N–H and O–H groups in total. The molecular weight excluding hydrogens is 474 g/mol. The fraction of sp³-hybridized carbons (Fsp3) is 0.519. The van der Waals surface area contributed by atoms with E-state index in [1.165, 1.54) is 0 Å². The number of benzene rings is 1. The highest BCUT2D eigenvalue weighted by Crippen LogP contribution is 2.30. The predicted molar refractivity (Wildman–Crippen MR) is 145 cm³/mol. The third kappa shape index (κ3) is 5.02.